The van der Waals surface area contributed by atoms with E-state index in [1.54, 1.807) is 7.11 Å². The summed E-state index contributed by atoms with van der Waals surface area (Å²) in [4.78, 5) is 2.26. The molecule has 1 unspecified atom stereocenters. The topological polar surface area (TPSA) is 30.9 Å². The van der Waals surface area contributed by atoms with Gasteiger partial charge >= 0.3 is 0 Å². The van der Waals surface area contributed by atoms with Crippen LogP contribution in [0.4, 0.5) is 0 Å². The van der Waals surface area contributed by atoms with Crippen molar-refractivity contribution in [1.82, 2.24) is 4.90 Å². The fourth-order valence-electron chi connectivity index (χ4n) is 3.59. The lowest BCUT2D eigenvalue weighted by atomic mass is 9.91. The largest absolute Gasteiger partial charge is 0.492 e. The molecule has 134 valence electrons. The molecule has 4 nitrogen and oxygen atoms in total. The van der Waals surface area contributed by atoms with Gasteiger partial charge in [-0.25, -0.2) is 0 Å². The number of hydrogen-bond acceptors (Lipinski definition) is 4. The van der Waals surface area contributed by atoms with E-state index in [1.807, 2.05) is 0 Å². The zero-order valence-electron chi connectivity index (χ0n) is 15.5. The van der Waals surface area contributed by atoms with Gasteiger partial charge < -0.3 is 14.2 Å². The minimum absolute atomic E-state index is 0.0333. The number of fused-ring (bicyclic) bond motifs is 2. The van der Waals surface area contributed by atoms with E-state index in [4.69, 9.17) is 14.2 Å². The van der Waals surface area contributed by atoms with Crippen molar-refractivity contribution in [2.45, 2.75) is 25.8 Å². The van der Waals surface area contributed by atoms with Crippen molar-refractivity contribution in [3.8, 4) is 29.1 Å². The quantitative estimate of drug-likeness (QED) is 0.776. The van der Waals surface area contributed by atoms with Crippen molar-refractivity contribution < 1.29 is 14.2 Å². The molecule has 4 heteroatoms. The number of rotatable bonds is 2. The summed E-state index contributed by atoms with van der Waals surface area (Å²) in [5.74, 6) is 9.00. The number of nitrogens with zero attached hydrogens (tertiary/aromatic N) is 1. The van der Waals surface area contributed by atoms with Gasteiger partial charge in [-0.05, 0) is 49.2 Å². The fourth-order valence-corrected chi connectivity index (χ4v) is 3.59. The first-order valence-electron chi connectivity index (χ1n) is 9.01. The molecular weight excluding hydrogens is 326 g/mol. The van der Waals surface area contributed by atoms with Gasteiger partial charge in [0.2, 0.25) is 12.5 Å². The van der Waals surface area contributed by atoms with Gasteiger partial charge in [-0.15, -0.1) is 0 Å². The van der Waals surface area contributed by atoms with E-state index in [-0.39, 0.29) is 12.8 Å². The summed E-state index contributed by atoms with van der Waals surface area (Å²) in [5.41, 5.74) is 4.68. The van der Waals surface area contributed by atoms with Crippen LogP contribution < -0.4 is 14.2 Å². The molecule has 2 aliphatic heterocycles. The van der Waals surface area contributed by atoms with E-state index in [0.717, 1.165) is 42.0 Å². The van der Waals surface area contributed by atoms with Crippen LogP contribution in [-0.4, -0.2) is 32.4 Å². The van der Waals surface area contributed by atoms with Crippen LogP contribution in [0.1, 0.15) is 35.2 Å². The number of aryl methyl sites for hydroxylation is 1. The molecule has 0 saturated carbocycles. The Morgan fingerprint density at radius 3 is 2.77 bits per heavy atom. The Bertz CT molecular complexity index is 877. The van der Waals surface area contributed by atoms with Gasteiger partial charge in [0.1, 0.15) is 6.04 Å². The maximum absolute atomic E-state index is 5.72. The normalized spacial score (nSPS) is 18.0. The third-order valence-corrected chi connectivity index (χ3v) is 5.11. The van der Waals surface area contributed by atoms with E-state index in [0.29, 0.717) is 5.75 Å². The van der Waals surface area contributed by atoms with Crippen LogP contribution >= 0.6 is 0 Å². The SMILES string of the molecule is CCc1ccc(C#CC2c3c(cc4c(c3OC)OCO4)CCN2C)cc1. The Kier molecular flexibility index (Phi) is 4.48. The lowest BCUT2D eigenvalue weighted by molar-refractivity contribution is 0.171. The molecule has 0 fully saturated rings. The summed E-state index contributed by atoms with van der Waals surface area (Å²) in [7, 11) is 3.78. The predicted octanol–water partition coefficient (Wildman–Crippen LogP) is 3.57. The molecular formula is C22H23NO3. The predicted molar refractivity (Wildman–Crippen MR) is 101 cm³/mol. The molecule has 2 aromatic rings. The molecule has 2 aliphatic rings. The van der Waals surface area contributed by atoms with Crippen molar-refractivity contribution >= 4 is 0 Å². The molecule has 26 heavy (non-hydrogen) atoms. The lowest BCUT2D eigenvalue weighted by Gasteiger charge is -2.32. The van der Waals surface area contributed by atoms with Gasteiger partial charge in [0.15, 0.2) is 11.5 Å². The molecule has 2 aromatic carbocycles. The molecule has 0 spiro atoms. The molecule has 1 atom stereocenters. The molecule has 0 radical (unpaired) electrons. The maximum atomic E-state index is 5.72. The first-order chi connectivity index (χ1) is 12.7. The summed E-state index contributed by atoms with van der Waals surface area (Å²) in [5, 5.41) is 0. The highest BCUT2D eigenvalue weighted by Crippen LogP contribution is 2.49. The van der Waals surface area contributed by atoms with Crippen LogP contribution in [0, 0.1) is 11.8 Å². The van der Waals surface area contributed by atoms with E-state index >= 15 is 0 Å². The Morgan fingerprint density at radius 1 is 1.23 bits per heavy atom. The van der Waals surface area contributed by atoms with Gasteiger partial charge in [-0.2, -0.15) is 0 Å². The van der Waals surface area contributed by atoms with Crippen molar-refractivity contribution in [1.29, 1.82) is 0 Å². The van der Waals surface area contributed by atoms with Crippen molar-refractivity contribution in [3.05, 3.63) is 52.6 Å². The Hall–Kier alpha value is -2.64. The average Bonchev–Trinajstić information content (AvgIpc) is 3.14. The third kappa shape index (κ3) is 2.89. The van der Waals surface area contributed by atoms with Crippen molar-refractivity contribution in [2.75, 3.05) is 27.5 Å². The van der Waals surface area contributed by atoms with Gasteiger partial charge in [-0.1, -0.05) is 30.9 Å². The highest BCUT2D eigenvalue weighted by atomic mass is 16.7. The summed E-state index contributed by atoms with van der Waals surface area (Å²) in [6.07, 6.45) is 1.99. The van der Waals surface area contributed by atoms with Crippen LogP contribution in [0.2, 0.25) is 0 Å². The highest BCUT2D eigenvalue weighted by Gasteiger charge is 2.33. The summed E-state index contributed by atoms with van der Waals surface area (Å²) in [6.45, 7) is 3.35. The number of methoxy groups -OCH3 is 1. The minimum atomic E-state index is -0.0333. The third-order valence-electron chi connectivity index (χ3n) is 5.11. The number of hydrogen-bond donors (Lipinski definition) is 0. The summed E-state index contributed by atoms with van der Waals surface area (Å²) in [6, 6.07) is 10.5. The first kappa shape index (κ1) is 16.8. The van der Waals surface area contributed by atoms with Gasteiger partial charge in [-0.3, -0.25) is 4.90 Å². The minimum Gasteiger partial charge on any atom is -0.492 e. The summed E-state index contributed by atoms with van der Waals surface area (Å²) < 4.78 is 16.9. The number of benzene rings is 2. The molecule has 4 rings (SSSR count). The second-order valence-electron chi connectivity index (χ2n) is 6.67. The van der Waals surface area contributed by atoms with Crippen LogP contribution in [-0.2, 0) is 12.8 Å². The van der Waals surface area contributed by atoms with Crippen LogP contribution in [0.15, 0.2) is 30.3 Å². The van der Waals surface area contributed by atoms with Gasteiger partial charge in [0.25, 0.3) is 0 Å². The Labute approximate surface area is 154 Å². The van der Waals surface area contributed by atoms with Gasteiger partial charge in [0.05, 0.1) is 7.11 Å². The average molecular weight is 349 g/mol. The van der Waals surface area contributed by atoms with E-state index in [9.17, 15) is 0 Å². The number of ether oxygens (including phenoxy) is 3. The maximum Gasteiger partial charge on any atom is 0.231 e. The fraction of sp³-hybridized carbons (Fsp3) is 0.364. The van der Waals surface area contributed by atoms with E-state index < -0.39 is 0 Å². The smallest absolute Gasteiger partial charge is 0.231 e. The second kappa shape index (κ2) is 6.93. The Balaban J connectivity index is 1.75. The molecule has 0 N–H and O–H groups in total. The van der Waals surface area contributed by atoms with Crippen LogP contribution in [0.5, 0.6) is 17.2 Å². The highest BCUT2D eigenvalue weighted by molar-refractivity contribution is 5.63. The molecule has 2 heterocycles. The van der Waals surface area contributed by atoms with Crippen LogP contribution in [0.3, 0.4) is 0 Å². The summed E-state index contributed by atoms with van der Waals surface area (Å²) >= 11 is 0. The molecule has 0 aromatic heterocycles. The lowest BCUT2D eigenvalue weighted by Crippen LogP contribution is -2.31. The van der Waals surface area contributed by atoms with E-state index in [2.05, 4.69) is 61.0 Å². The van der Waals surface area contributed by atoms with E-state index in [1.165, 1.54) is 11.1 Å². The van der Waals surface area contributed by atoms with Gasteiger partial charge in [0, 0.05) is 17.7 Å². The zero-order valence-corrected chi connectivity index (χ0v) is 15.5. The first-order valence-corrected chi connectivity index (χ1v) is 9.01. The Morgan fingerprint density at radius 2 is 2.04 bits per heavy atom. The molecule has 0 aliphatic carbocycles. The standard InChI is InChI=1S/C22H23NO3/c1-4-15-5-7-16(8-6-15)9-10-18-20-17(11-12-23(18)2)13-19-21(22(20)24-3)26-14-25-19/h5-8,13,18H,4,11-12,14H2,1-3H3. The molecule has 0 saturated heterocycles. The molecule has 0 amide bonds. The van der Waals surface area contributed by atoms with Crippen molar-refractivity contribution in [3.63, 3.8) is 0 Å². The number of likely N-dealkylation sites (N-methyl/N-ethyl adjacent to an activating group) is 1. The molecule has 0 bridgehead atoms. The van der Waals surface area contributed by atoms with Crippen molar-refractivity contribution in [2.24, 2.45) is 0 Å². The monoisotopic (exact) mass is 349 g/mol. The zero-order chi connectivity index (χ0) is 18.1. The van der Waals surface area contributed by atoms with Crippen LogP contribution in [0.25, 0.3) is 0 Å². The second-order valence-corrected chi connectivity index (χ2v) is 6.67.